The molecule has 0 radical (unpaired) electrons. The summed E-state index contributed by atoms with van der Waals surface area (Å²) >= 11 is 0. The Kier molecular flexibility index (Phi) is 5.46. The Balaban J connectivity index is 1.64. The van der Waals surface area contributed by atoms with Gasteiger partial charge in [0.25, 0.3) is 5.91 Å². The number of para-hydroxylation sites is 1. The van der Waals surface area contributed by atoms with Gasteiger partial charge in [0.1, 0.15) is 12.2 Å². The molecular formula is C19H17N3O5. The van der Waals surface area contributed by atoms with Crippen LogP contribution >= 0.6 is 0 Å². The third-order valence-corrected chi connectivity index (χ3v) is 3.81. The third kappa shape index (κ3) is 4.49. The van der Waals surface area contributed by atoms with E-state index < -0.39 is 11.9 Å². The maximum absolute atomic E-state index is 12.3. The molecule has 8 nitrogen and oxygen atoms in total. The smallest absolute Gasteiger partial charge is 0.325 e. The van der Waals surface area contributed by atoms with Crippen molar-refractivity contribution in [2.24, 2.45) is 0 Å². The SMILES string of the molecule is COC(=O)CNC(=O)c1cccc(NC(=O)Cc2noc3ccccc23)c1. The van der Waals surface area contributed by atoms with Gasteiger partial charge in [0.2, 0.25) is 5.91 Å². The number of nitrogens with zero attached hydrogens (tertiary/aromatic N) is 1. The van der Waals surface area contributed by atoms with Gasteiger partial charge < -0.3 is 19.9 Å². The Bertz CT molecular complexity index is 996. The summed E-state index contributed by atoms with van der Waals surface area (Å²) in [6.07, 6.45) is 0.0375. The summed E-state index contributed by atoms with van der Waals surface area (Å²) in [5.74, 6) is -1.28. The van der Waals surface area contributed by atoms with Crippen LogP contribution in [0.3, 0.4) is 0 Å². The summed E-state index contributed by atoms with van der Waals surface area (Å²) in [5.41, 5.74) is 1.92. The number of benzene rings is 2. The van der Waals surface area contributed by atoms with Crippen molar-refractivity contribution in [2.75, 3.05) is 19.0 Å². The highest BCUT2D eigenvalue weighted by Crippen LogP contribution is 2.19. The van der Waals surface area contributed by atoms with Crippen molar-refractivity contribution in [3.63, 3.8) is 0 Å². The monoisotopic (exact) mass is 367 g/mol. The highest BCUT2D eigenvalue weighted by Gasteiger charge is 2.13. The second kappa shape index (κ2) is 8.13. The molecule has 0 aliphatic rings. The molecule has 0 bridgehead atoms. The number of hydrogen-bond donors (Lipinski definition) is 2. The first kappa shape index (κ1) is 18.1. The van der Waals surface area contributed by atoms with Crippen LogP contribution < -0.4 is 10.6 Å². The van der Waals surface area contributed by atoms with Crippen LogP contribution in [0.2, 0.25) is 0 Å². The number of carbonyl (C=O) groups excluding carboxylic acids is 3. The molecule has 2 aromatic carbocycles. The van der Waals surface area contributed by atoms with Gasteiger partial charge in [0.05, 0.1) is 13.5 Å². The summed E-state index contributed by atoms with van der Waals surface area (Å²) < 4.78 is 9.65. The minimum atomic E-state index is -0.548. The first-order valence-electron chi connectivity index (χ1n) is 8.15. The maximum Gasteiger partial charge on any atom is 0.325 e. The molecule has 0 spiro atoms. The predicted molar refractivity (Wildman–Crippen MR) is 97.1 cm³/mol. The fourth-order valence-electron chi connectivity index (χ4n) is 2.49. The van der Waals surface area contributed by atoms with E-state index in [0.29, 0.717) is 22.5 Å². The number of aromatic nitrogens is 1. The number of rotatable bonds is 6. The van der Waals surface area contributed by atoms with Crippen molar-refractivity contribution in [2.45, 2.75) is 6.42 Å². The van der Waals surface area contributed by atoms with Crippen LogP contribution in [0.1, 0.15) is 16.1 Å². The second-order valence-corrected chi connectivity index (χ2v) is 5.69. The first-order valence-corrected chi connectivity index (χ1v) is 8.15. The quantitative estimate of drug-likeness (QED) is 0.644. The largest absolute Gasteiger partial charge is 0.468 e. The average Bonchev–Trinajstić information content (AvgIpc) is 3.08. The number of hydrogen-bond acceptors (Lipinski definition) is 6. The molecule has 8 heteroatoms. The predicted octanol–water partition coefficient (Wildman–Crippen LogP) is 1.91. The highest BCUT2D eigenvalue weighted by atomic mass is 16.5. The topological polar surface area (TPSA) is 111 Å². The van der Waals surface area contributed by atoms with Gasteiger partial charge in [-0.1, -0.05) is 23.4 Å². The van der Waals surface area contributed by atoms with Gasteiger partial charge in [-0.2, -0.15) is 0 Å². The lowest BCUT2D eigenvalue weighted by molar-refractivity contribution is -0.139. The molecule has 2 N–H and O–H groups in total. The minimum absolute atomic E-state index is 0.0375. The lowest BCUT2D eigenvalue weighted by atomic mass is 10.1. The van der Waals surface area contributed by atoms with E-state index in [0.717, 1.165) is 5.39 Å². The summed E-state index contributed by atoms with van der Waals surface area (Å²) in [6.45, 7) is -0.231. The molecule has 0 aliphatic heterocycles. The van der Waals surface area contributed by atoms with E-state index in [-0.39, 0.29) is 18.9 Å². The second-order valence-electron chi connectivity index (χ2n) is 5.69. The Morgan fingerprint density at radius 3 is 2.74 bits per heavy atom. The Morgan fingerprint density at radius 1 is 1.11 bits per heavy atom. The third-order valence-electron chi connectivity index (χ3n) is 3.81. The number of anilines is 1. The zero-order chi connectivity index (χ0) is 19.2. The molecule has 0 atom stereocenters. The van der Waals surface area contributed by atoms with Crippen molar-refractivity contribution in [3.8, 4) is 0 Å². The van der Waals surface area contributed by atoms with Crippen molar-refractivity contribution in [1.29, 1.82) is 0 Å². The molecule has 0 unspecified atom stereocenters. The van der Waals surface area contributed by atoms with Crippen LogP contribution in [0.5, 0.6) is 0 Å². The van der Waals surface area contributed by atoms with Gasteiger partial charge in [-0.3, -0.25) is 14.4 Å². The fourth-order valence-corrected chi connectivity index (χ4v) is 2.49. The van der Waals surface area contributed by atoms with E-state index in [1.165, 1.54) is 13.2 Å². The molecule has 2 amide bonds. The summed E-state index contributed by atoms with van der Waals surface area (Å²) in [5, 5.41) is 9.87. The number of fused-ring (bicyclic) bond motifs is 1. The van der Waals surface area contributed by atoms with Gasteiger partial charge in [-0.05, 0) is 30.3 Å². The Morgan fingerprint density at radius 2 is 1.93 bits per heavy atom. The number of ether oxygens (including phenoxy) is 1. The highest BCUT2D eigenvalue weighted by molar-refractivity contribution is 5.99. The van der Waals surface area contributed by atoms with E-state index in [1.807, 2.05) is 18.2 Å². The maximum atomic E-state index is 12.3. The van der Waals surface area contributed by atoms with Gasteiger partial charge >= 0.3 is 5.97 Å². The minimum Gasteiger partial charge on any atom is -0.468 e. The van der Waals surface area contributed by atoms with Gasteiger partial charge in [0.15, 0.2) is 5.58 Å². The summed E-state index contributed by atoms with van der Waals surface area (Å²) in [7, 11) is 1.24. The molecule has 1 aromatic heterocycles. The lowest BCUT2D eigenvalue weighted by Gasteiger charge is -2.07. The van der Waals surface area contributed by atoms with Gasteiger partial charge in [0, 0.05) is 16.6 Å². The van der Waals surface area contributed by atoms with Crippen molar-refractivity contribution >= 4 is 34.4 Å². The van der Waals surface area contributed by atoms with Crippen LogP contribution in [-0.4, -0.2) is 36.6 Å². The Hall–Kier alpha value is -3.68. The van der Waals surface area contributed by atoms with E-state index in [1.54, 1.807) is 24.3 Å². The number of carbonyl (C=O) groups is 3. The zero-order valence-corrected chi connectivity index (χ0v) is 14.5. The molecular weight excluding hydrogens is 350 g/mol. The van der Waals surface area contributed by atoms with E-state index in [2.05, 4.69) is 20.5 Å². The number of nitrogens with one attached hydrogen (secondary N) is 2. The standard InChI is InChI=1S/C19H17N3O5/c1-26-18(24)11-20-19(25)12-5-4-6-13(9-12)21-17(23)10-15-14-7-2-3-8-16(14)27-22-15/h2-9H,10-11H2,1H3,(H,20,25)(H,21,23). The summed E-state index contributed by atoms with van der Waals surface area (Å²) in [6, 6.07) is 13.7. The van der Waals surface area contributed by atoms with E-state index in [4.69, 9.17) is 4.52 Å². The van der Waals surface area contributed by atoms with Gasteiger partial charge in [-0.15, -0.1) is 0 Å². The van der Waals surface area contributed by atoms with Crippen molar-refractivity contribution in [3.05, 3.63) is 59.8 Å². The molecule has 27 heavy (non-hydrogen) atoms. The van der Waals surface area contributed by atoms with Crippen molar-refractivity contribution in [1.82, 2.24) is 10.5 Å². The molecule has 3 rings (SSSR count). The lowest BCUT2D eigenvalue weighted by Crippen LogP contribution is -2.30. The zero-order valence-electron chi connectivity index (χ0n) is 14.5. The molecule has 0 aliphatic carbocycles. The van der Waals surface area contributed by atoms with Crippen LogP contribution in [0.15, 0.2) is 53.1 Å². The number of amides is 2. The van der Waals surface area contributed by atoms with Crippen LogP contribution in [-0.2, 0) is 20.7 Å². The fraction of sp³-hybridized carbons (Fsp3) is 0.158. The van der Waals surface area contributed by atoms with E-state index >= 15 is 0 Å². The van der Waals surface area contributed by atoms with E-state index in [9.17, 15) is 14.4 Å². The van der Waals surface area contributed by atoms with Crippen molar-refractivity contribution < 1.29 is 23.6 Å². The average molecular weight is 367 g/mol. The molecule has 0 saturated carbocycles. The number of methoxy groups -OCH3 is 1. The molecule has 0 fully saturated rings. The molecule has 1 heterocycles. The number of esters is 1. The molecule has 0 saturated heterocycles. The Labute approximate surface area is 154 Å². The van der Waals surface area contributed by atoms with Crippen LogP contribution in [0.25, 0.3) is 11.0 Å². The normalized spacial score (nSPS) is 10.4. The molecule has 138 valence electrons. The first-order chi connectivity index (χ1) is 13.1. The van der Waals surface area contributed by atoms with Crippen LogP contribution in [0.4, 0.5) is 5.69 Å². The summed E-state index contributed by atoms with van der Waals surface area (Å²) in [4.78, 5) is 35.5. The van der Waals surface area contributed by atoms with Crippen LogP contribution in [0, 0.1) is 0 Å². The van der Waals surface area contributed by atoms with Gasteiger partial charge in [-0.25, -0.2) is 0 Å². The molecule has 3 aromatic rings.